The van der Waals surface area contributed by atoms with E-state index in [1.165, 1.54) is 18.2 Å². The number of hydrogen-bond donors (Lipinski definition) is 0. The highest BCUT2D eigenvalue weighted by Gasteiger charge is 2.15. The molecule has 1 aromatic carbocycles. The maximum Gasteiger partial charge on any atom is 0.291 e. The fraction of sp³-hybridized carbons (Fsp3) is 0.111. The zero-order chi connectivity index (χ0) is 10.6. The molecule has 4 nitrogen and oxygen atoms in total. The molecule has 0 fully saturated rings. The Kier molecular flexibility index (Phi) is 3.48. The first kappa shape index (κ1) is 10.5. The van der Waals surface area contributed by atoms with Crippen LogP contribution in [0.25, 0.3) is 0 Å². The molecule has 14 heavy (non-hydrogen) atoms. The zero-order valence-corrected chi connectivity index (χ0v) is 8.03. The highest BCUT2D eigenvalue weighted by atomic mass is 35.5. The number of nitrogens with zero attached hydrogens (tertiary/aromatic N) is 1. The summed E-state index contributed by atoms with van der Waals surface area (Å²) in [6.07, 6.45) is 1.54. The van der Waals surface area contributed by atoms with Gasteiger partial charge in [0.05, 0.1) is 4.92 Å². The molecule has 0 atom stereocenters. The molecule has 5 heteroatoms. The van der Waals surface area contributed by atoms with Crippen molar-refractivity contribution in [1.29, 1.82) is 0 Å². The molecule has 74 valence electrons. The minimum absolute atomic E-state index is 0.0133. The summed E-state index contributed by atoms with van der Waals surface area (Å²) in [4.78, 5) is 9.94. The second-order valence-electron chi connectivity index (χ2n) is 2.45. The molecule has 0 N–H and O–H groups in total. The number of benzene rings is 1. The van der Waals surface area contributed by atoms with Gasteiger partial charge in [-0.1, -0.05) is 30.3 Å². The van der Waals surface area contributed by atoms with Gasteiger partial charge in [0.15, 0.2) is 5.02 Å². The third-order valence-corrected chi connectivity index (χ3v) is 1.88. The van der Waals surface area contributed by atoms with Gasteiger partial charge in [0.25, 0.3) is 5.69 Å². The van der Waals surface area contributed by atoms with Gasteiger partial charge < -0.3 is 4.74 Å². The fourth-order valence-electron chi connectivity index (χ4n) is 0.900. The lowest BCUT2D eigenvalue weighted by atomic mass is 10.3. The van der Waals surface area contributed by atoms with Gasteiger partial charge in [0.1, 0.15) is 12.4 Å². The molecule has 0 saturated carbocycles. The smallest absolute Gasteiger partial charge is 0.291 e. The molecule has 0 unspecified atom stereocenters. The summed E-state index contributed by atoms with van der Waals surface area (Å²) in [5, 5.41) is 10.5. The summed E-state index contributed by atoms with van der Waals surface area (Å²) < 4.78 is 5.12. The van der Waals surface area contributed by atoms with E-state index in [-0.39, 0.29) is 17.3 Å². The lowest BCUT2D eigenvalue weighted by Gasteiger charge is -2.04. The summed E-state index contributed by atoms with van der Waals surface area (Å²) in [6.45, 7) is 3.73. The van der Waals surface area contributed by atoms with Gasteiger partial charge in [-0.05, 0) is 6.07 Å². The lowest BCUT2D eigenvalue weighted by molar-refractivity contribution is -0.384. The number of hydrogen-bond acceptors (Lipinski definition) is 3. The molecular weight excluding hydrogens is 206 g/mol. The zero-order valence-electron chi connectivity index (χ0n) is 7.27. The van der Waals surface area contributed by atoms with E-state index in [9.17, 15) is 10.1 Å². The van der Waals surface area contributed by atoms with Crippen molar-refractivity contribution in [3.63, 3.8) is 0 Å². The van der Waals surface area contributed by atoms with E-state index >= 15 is 0 Å². The Balaban J connectivity index is 3.01. The van der Waals surface area contributed by atoms with Gasteiger partial charge >= 0.3 is 0 Å². The van der Waals surface area contributed by atoms with Crippen LogP contribution >= 0.6 is 11.6 Å². The van der Waals surface area contributed by atoms with Gasteiger partial charge in [-0.2, -0.15) is 0 Å². The molecule has 0 aliphatic carbocycles. The Bertz CT molecular complexity index is 365. The molecule has 0 aliphatic rings. The van der Waals surface area contributed by atoms with Gasteiger partial charge in [0, 0.05) is 6.07 Å². The molecule has 0 saturated heterocycles. The minimum atomic E-state index is -0.552. The Hall–Kier alpha value is -1.55. The Labute approximate surface area is 85.9 Å². The summed E-state index contributed by atoms with van der Waals surface area (Å²) in [7, 11) is 0. The molecule has 0 aliphatic heterocycles. The average molecular weight is 214 g/mol. The molecular formula is C9H8ClNO3. The number of ether oxygens (including phenoxy) is 1. The average Bonchev–Trinajstić information content (AvgIpc) is 2.16. The van der Waals surface area contributed by atoms with E-state index in [0.29, 0.717) is 5.75 Å². The number of nitro benzene ring substituents is 1. The van der Waals surface area contributed by atoms with E-state index in [4.69, 9.17) is 16.3 Å². The van der Waals surface area contributed by atoms with Gasteiger partial charge in [-0.25, -0.2) is 0 Å². The van der Waals surface area contributed by atoms with Crippen molar-refractivity contribution < 1.29 is 9.66 Å². The second-order valence-corrected chi connectivity index (χ2v) is 2.82. The van der Waals surface area contributed by atoms with Gasteiger partial charge in [0.2, 0.25) is 0 Å². The van der Waals surface area contributed by atoms with Crippen molar-refractivity contribution in [1.82, 2.24) is 0 Å². The van der Waals surface area contributed by atoms with E-state index in [1.807, 2.05) is 0 Å². The largest absolute Gasteiger partial charge is 0.488 e. The van der Waals surface area contributed by atoms with Crippen LogP contribution in [0.2, 0.25) is 5.02 Å². The topological polar surface area (TPSA) is 52.4 Å². The predicted octanol–water partition coefficient (Wildman–Crippen LogP) is 2.81. The first-order valence-electron chi connectivity index (χ1n) is 3.83. The monoisotopic (exact) mass is 213 g/mol. The normalized spacial score (nSPS) is 9.50. The first-order chi connectivity index (χ1) is 6.66. The lowest BCUT2D eigenvalue weighted by Crippen LogP contribution is -1.96. The second kappa shape index (κ2) is 4.62. The van der Waals surface area contributed by atoms with Crippen LogP contribution in [0.15, 0.2) is 30.9 Å². The summed E-state index contributed by atoms with van der Waals surface area (Å²) in [5.41, 5.74) is -0.159. The molecule has 0 radical (unpaired) electrons. The van der Waals surface area contributed by atoms with Gasteiger partial charge in [-0.3, -0.25) is 10.1 Å². The highest BCUT2D eigenvalue weighted by Crippen LogP contribution is 2.33. The Morgan fingerprint density at radius 3 is 2.93 bits per heavy atom. The molecule has 1 rings (SSSR count). The molecule has 0 heterocycles. The Morgan fingerprint density at radius 2 is 2.36 bits per heavy atom. The molecule has 0 aromatic heterocycles. The molecule has 0 amide bonds. The summed E-state index contributed by atoms with van der Waals surface area (Å²) in [6, 6.07) is 4.41. The van der Waals surface area contributed by atoms with Crippen LogP contribution in [0.1, 0.15) is 0 Å². The SMILES string of the molecule is C=CCOc1cccc([N+](=O)[O-])c1Cl. The maximum absolute atomic E-state index is 10.5. The Morgan fingerprint density at radius 1 is 1.64 bits per heavy atom. The highest BCUT2D eigenvalue weighted by molar-refractivity contribution is 6.34. The molecule has 1 aromatic rings. The van der Waals surface area contributed by atoms with Crippen LogP contribution in [-0.4, -0.2) is 11.5 Å². The molecule has 0 bridgehead atoms. The van der Waals surface area contributed by atoms with Crippen molar-refractivity contribution in [2.24, 2.45) is 0 Å². The van der Waals surface area contributed by atoms with Crippen molar-refractivity contribution in [3.05, 3.63) is 46.0 Å². The third-order valence-electron chi connectivity index (χ3n) is 1.50. The third kappa shape index (κ3) is 2.23. The van der Waals surface area contributed by atoms with Crippen molar-refractivity contribution in [2.75, 3.05) is 6.61 Å². The summed E-state index contributed by atoms with van der Waals surface area (Å²) >= 11 is 5.74. The first-order valence-corrected chi connectivity index (χ1v) is 4.21. The quantitative estimate of drug-likeness (QED) is 0.439. The fourth-order valence-corrected chi connectivity index (χ4v) is 1.15. The number of halogens is 1. The van der Waals surface area contributed by atoms with Crippen LogP contribution in [0.5, 0.6) is 5.75 Å². The number of nitro groups is 1. The molecule has 0 spiro atoms. The standard InChI is InChI=1S/C9H8ClNO3/c1-2-6-14-8-5-3-4-7(9(8)10)11(12)13/h2-5H,1,6H2. The van der Waals surface area contributed by atoms with E-state index < -0.39 is 4.92 Å². The van der Waals surface area contributed by atoms with Crippen LogP contribution in [0.3, 0.4) is 0 Å². The maximum atomic E-state index is 10.5. The van der Waals surface area contributed by atoms with Gasteiger partial charge in [-0.15, -0.1) is 0 Å². The van der Waals surface area contributed by atoms with Crippen LogP contribution < -0.4 is 4.74 Å². The predicted molar refractivity (Wildman–Crippen MR) is 53.8 cm³/mol. The van der Waals surface area contributed by atoms with Crippen LogP contribution in [0.4, 0.5) is 5.69 Å². The van der Waals surface area contributed by atoms with E-state index in [1.54, 1.807) is 6.07 Å². The van der Waals surface area contributed by atoms with E-state index in [0.717, 1.165) is 0 Å². The summed E-state index contributed by atoms with van der Waals surface area (Å²) in [5.74, 6) is 0.292. The van der Waals surface area contributed by atoms with E-state index in [2.05, 4.69) is 6.58 Å². The van der Waals surface area contributed by atoms with Crippen LogP contribution in [0, 0.1) is 10.1 Å². The minimum Gasteiger partial charge on any atom is -0.488 e. The van der Waals surface area contributed by atoms with Crippen molar-refractivity contribution in [2.45, 2.75) is 0 Å². The van der Waals surface area contributed by atoms with Crippen molar-refractivity contribution in [3.8, 4) is 5.75 Å². The number of rotatable bonds is 4. The van der Waals surface area contributed by atoms with Crippen molar-refractivity contribution >= 4 is 17.3 Å². The van der Waals surface area contributed by atoms with Crippen LogP contribution in [-0.2, 0) is 0 Å².